The van der Waals surface area contributed by atoms with E-state index in [1.54, 1.807) is 19.9 Å². The zero-order chi connectivity index (χ0) is 12.3. The van der Waals surface area contributed by atoms with E-state index >= 15 is 0 Å². The topological polar surface area (TPSA) is 40.5 Å². The van der Waals surface area contributed by atoms with Crippen LogP contribution in [0.5, 0.6) is 0 Å². The molecule has 0 amide bonds. The average molecular weight is 221 g/mol. The summed E-state index contributed by atoms with van der Waals surface area (Å²) in [6.45, 7) is 6.06. The monoisotopic (exact) mass is 221 g/mol. The molecule has 0 aromatic heterocycles. The standard InChI is InChI=1S/C13H19NO2/c1-10-7-11(8-15)5-6-12(10)14(4)9-13(2,3)16/h5-8,16H,9H2,1-4H3. The lowest BCUT2D eigenvalue weighted by Crippen LogP contribution is -2.36. The molecule has 3 heteroatoms. The summed E-state index contributed by atoms with van der Waals surface area (Å²) in [5.41, 5.74) is 2.02. The van der Waals surface area contributed by atoms with Crippen molar-refractivity contribution < 1.29 is 9.90 Å². The van der Waals surface area contributed by atoms with Crippen molar-refractivity contribution in [3.8, 4) is 0 Å². The number of hydrogen-bond acceptors (Lipinski definition) is 3. The number of benzene rings is 1. The average Bonchev–Trinajstić information content (AvgIpc) is 2.14. The van der Waals surface area contributed by atoms with Crippen molar-refractivity contribution in [2.24, 2.45) is 0 Å². The number of aliphatic hydroxyl groups is 1. The first-order valence-corrected chi connectivity index (χ1v) is 5.33. The van der Waals surface area contributed by atoms with Gasteiger partial charge in [-0.15, -0.1) is 0 Å². The smallest absolute Gasteiger partial charge is 0.150 e. The molecule has 0 saturated carbocycles. The number of carbonyl (C=O) groups excluding carboxylic acids is 1. The molecule has 1 aromatic rings. The van der Waals surface area contributed by atoms with Gasteiger partial charge < -0.3 is 10.0 Å². The summed E-state index contributed by atoms with van der Waals surface area (Å²) < 4.78 is 0. The predicted molar refractivity (Wildman–Crippen MR) is 66.1 cm³/mol. The molecule has 3 nitrogen and oxygen atoms in total. The zero-order valence-electron chi connectivity index (χ0n) is 10.3. The van der Waals surface area contributed by atoms with E-state index in [0.29, 0.717) is 12.1 Å². The maximum absolute atomic E-state index is 10.6. The third kappa shape index (κ3) is 3.35. The van der Waals surface area contributed by atoms with Gasteiger partial charge in [-0.1, -0.05) is 0 Å². The minimum Gasteiger partial charge on any atom is -0.389 e. The molecule has 0 fully saturated rings. The SMILES string of the molecule is Cc1cc(C=O)ccc1N(C)CC(C)(C)O. The molecule has 88 valence electrons. The van der Waals surface area contributed by atoms with Crippen LogP contribution in [0.25, 0.3) is 0 Å². The summed E-state index contributed by atoms with van der Waals surface area (Å²) in [5.74, 6) is 0. The number of aryl methyl sites for hydroxylation is 1. The molecule has 0 aliphatic heterocycles. The van der Waals surface area contributed by atoms with Crippen molar-refractivity contribution in [2.75, 3.05) is 18.5 Å². The lowest BCUT2D eigenvalue weighted by atomic mass is 10.1. The van der Waals surface area contributed by atoms with Crippen LogP contribution in [0.2, 0.25) is 0 Å². The van der Waals surface area contributed by atoms with Gasteiger partial charge >= 0.3 is 0 Å². The molecule has 0 unspecified atom stereocenters. The summed E-state index contributed by atoms with van der Waals surface area (Å²) in [4.78, 5) is 12.6. The number of anilines is 1. The molecule has 0 aliphatic rings. The maximum Gasteiger partial charge on any atom is 0.150 e. The van der Waals surface area contributed by atoms with Gasteiger partial charge in [0.05, 0.1) is 5.60 Å². The Labute approximate surface area is 96.7 Å². The minimum atomic E-state index is -0.732. The van der Waals surface area contributed by atoms with E-state index < -0.39 is 5.60 Å². The van der Waals surface area contributed by atoms with E-state index in [1.807, 2.05) is 31.0 Å². The first-order valence-electron chi connectivity index (χ1n) is 5.33. The van der Waals surface area contributed by atoms with Crippen molar-refractivity contribution >= 4 is 12.0 Å². The van der Waals surface area contributed by atoms with Gasteiger partial charge in [0, 0.05) is 24.8 Å². The zero-order valence-corrected chi connectivity index (χ0v) is 10.3. The van der Waals surface area contributed by atoms with E-state index in [-0.39, 0.29) is 0 Å². The van der Waals surface area contributed by atoms with Crippen molar-refractivity contribution in [3.63, 3.8) is 0 Å². The van der Waals surface area contributed by atoms with Crippen LogP contribution in [0.3, 0.4) is 0 Å². The van der Waals surface area contributed by atoms with Crippen LogP contribution < -0.4 is 4.90 Å². The molecule has 1 N–H and O–H groups in total. The van der Waals surface area contributed by atoms with Crippen LogP contribution in [0.15, 0.2) is 18.2 Å². The second-order valence-corrected chi connectivity index (χ2v) is 4.83. The Balaban J connectivity index is 2.92. The normalized spacial score (nSPS) is 11.3. The number of rotatable bonds is 4. The van der Waals surface area contributed by atoms with Gasteiger partial charge in [0.15, 0.2) is 0 Å². The minimum absolute atomic E-state index is 0.550. The Morgan fingerprint density at radius 2 is 2.06 bits per heavy atom. The molecule has 0 saturated heterocycles. The number of likely N-dealkylation sites (N-methyl/N-ethyl adjacent to an activating group) is 1. The van der Waals surface area contributed by atoms with E-state index in [4.69, 9.17) is 0 Å². The first kappa shape index (κ1) is 12.7. The molecule has 1 rings (SSSR count). The highest BCUT2D eigenvalue weighted by molar-refractivity contribution is 5.76. The van der Waals surface area contributed by atoms with Crippen molar-refractivity contribution in [1.82, 2.24) is 0 Å². The van der Waals surface area contributed by atoms with E-state index in [2.05, 4.69) is 0 Å². The Morgan fingerprint density at radius 1 is 1.44 bits per heavy atom. The number of carbonyl (C=O) groups is 1. The quantitative estimate of drug-likeness (QED) is 0.791. The van der Waals surface area contributed by atoms with Crippen LogP contribution in [-0.4, -0.2) is 30.6 Å². The summed E-state index contributed by atoms with van der Waals surface area (Å²) >= 11 is 0. The summed E-state index contributed by atoms with van der Waals surface area (Å²) in [7, 11) is 1.93. The molecule has 0 radical (unpaired) electrons. The highest BCUT2D eigenvalue weighted by atomic mass is 16.3. The highest BCUT2D eigenvalue weighted by Crippen LogP contribution is 2.21. The summed E-state index contributed by atoms with van der Waals surface area (Å²) in [6, 6.07) is 5.55. The molecule has 16 heavy (non-hydrogen) atoms. The van der Waals surface area contributed by atoms with Crippen molar-refractivity contribution in [2.45, 2.75) is 26.4 Å². The fraction of sp³-hybridized carbons (Fsp3) is 0.462. The fourth-order valence-electron chi connectivity index (χ4n) is 1.85. The van der Waals surface area contributed by atoms with Gasteiger partial charge in [0.25, 0.3) is 0 Å². The van der Waals surface area contributed by atoms with Crippen molar-refractivity contribution in [1.29, 1.82) is 0 Å². The van der Waals surface area contributed by atoms with Gasteiger partial charge in [-0.3, -0.25) is 4.79 Å². The molecule has 0 heterocycles. The number of nitrogens with zero attached hydrogens (tertiary/aromatic N) is 1. The molecule has 0 spiro atoms. The van der Waals surface area contributed by atoms with Crippen molar-refractivity contribution in [3.05, 3.63) is 29.3 Å². The van der Waals surface area contributed by atoms with E-state index in [9.17, 15) is 9.90 Å². The van der Waals surface area contributed by atoms with Crippen LogP contribution in [-0.2, 0) is 0 Å². The summed E-state index contributed by atoms with van der Waals surface area (Å²) in [6.07, 6.45) is 0.840. The molecule has 0 aliphatic carbocycles. The van der Waals surface area contributed by atoms with Gasteiger partial charge in [0.2, 0.25) is 0 Å². The number of hydrogen-bond donors (Lipinski definition) is 1. The van der Waals surface area contributed by atoms with Crippen LogP contribution in [0, 0.1) is 6.92 Å². The predicted octanol–water partition coefficient (Wildman–Crippen LogP) is 2.01. The molecule has 0 atom stereocenters. The molecule has 1 aromatic carbocycles. The molecular weight excluding hydrogens is 202 g/mol. The maximum atomic E-state index is 10.6. The Bertz CT molecular complexity index is 380. The van der Waals surface area contributed by atoms with Gasteiger partial charge in [0.1, 0.15) is 6.29 Å². The Hall–Kier alpha value is -1.35. The van der Waals surface area contributed by atoms with Gasteiger partial charge in [-0.2, -0.15) is 0 Å². The summed E-state index contributed by atoms with van der Waals surface area (Å²) in [5, 5.41) is 9.74. The third-order valence-electron chi connectivity index (χ3n) is 2.39. The lowest BCUT2D eigenvalue weighted by Gasteiger charge is -2.28. The first-order chi connectivity index (χ1) is 7.33. The van der Waals surface area contributed by atoms with Crippen LogP contribution >= 0.6 is 0 Å². The second-order valence-electron chi connectivity index (χ2n) is 4.83. The largest absolute Gasteiger partial charge is 0.389 e. The van der Waals surface area contributed by atoms with E-state index in [1.165, 1.54) is 0 Å². The lowest BCUT2D eigenvalue weighted by molar-refractivity contribution is 0.0886. The molecule has 0 bridgehead atoms. The molecular formula is C13H19NO2. The Kier molecular flexibility index (Phi) is 3.70. The van der Waals surface area contributed by atoms with E-state index in [0.717, 1.165) is 17.5 Å². The Morgan fingerprint density at radius 3 is 2.50 bits per heavy atom. The highest BCUT2D eigenvalue weighted by Gasteiger charge is 2.16. The van der Waals surface area contributed by atoms with Gasteiger partial charge in [-0.05, 0) is 44.5 Å². The van der Waals surface area contributed by atoms with Crippen LogP contribution in [0.4, 0.5) is 5.69 Å². The van der Waals surface area contributed by atoms with Gasteiger partial charge in [-0.25, -0.2) is 0 Å². The third-order valence-corrected chi connectivity index (χ3v) is 2.39. The fourth-order valence-corrected chi connectivity index (χ4v) is 1.85. The second kappa shape index (κ2) is 4.66. The number of aldehydes is 1. The van der Waals surface area contributed by atoms with Crippen LogP contribution in [0.1, 0.15) is 29.8 Å².